The maximum Gasteiger partial charge on any atom is 0.313 e. The number of guanidine groups is 1. The number of nitrogens with zero attached hydrogens (tertiary/aromatic N) is 5. The highest BCUT2D eigenvalue weighted by molar-refractivity contribution is 5.81. The molecule has 2 aromatic carbocycles. The van der Waals surface area contributed by atoms with Crippen LogP contribution in [0, 0.1) is 10.1 Å². The lowest BCUT2D eigenvalue weighted by molar-refractivity contribution is -0.384. The zero-order valence-electron chi connectivity index (χ0n) is 17.0. The van der Waals surface area contributed by atoms with Gasteiger partial charge in [-0.15, -0.1) is 0 Å². The van der Waals surface area contributed by atoms with E-state index in [1.807, 2.05) is 17.0 Å². The number of aliphatic imine (C=N–C) groups is 1. The molecule has 2 N–H and O–H groups in total. The third-order valence-corrected chi connectivity index (χ3v) is 5.42. The molecule has 0 radical (unpaired) electrons. The van der Waals surface area contributed by atoms with Gasteiger partial charge in [-0.3, -0.25) is 15.0 Å². The Morgan fingerprint density at radius 2 is 1.52 bits per heavy atom. The van der Waals surface area contributed by atoms with Crippen LogP contribution in [0.5, 0.6) is 0 Å². The van der Waals surface area contributed by atoms with Crippen molar-refractivity contribution in [3.05, 3.63) is 100 Å². The SMILES string of the molecule is N/C(=N\c1ncccc1[N+](=O)[O-])N1CCN(C(c2ccccc2)c2ccccc2)CC1. The van der Waals surface area contributed by atoms with Gasteiger partial charge >= 0.3 is 5.69 Å². The van der Waals surface area contributed by atoms with Crippen molar-refractivity contribution in [1.29, 1.82) is 0 Å². The first-order valence-electron chi connectivity index (χ1n) is 10.2. The standard InChI is InChI=1S/C23H24N6O2/c24-23(26-22-20(29(30)31)12-7-13-25-22)28-16-14-27(15-17-28)21(18-8-3-1-4-9-18)19-10-5-2-6-11-19/h1-13,21H,14-17H2,(H2,24,25,26). The lowest BCUT2D eigenvalue weighted by Crippen LogP contribution is -2.52. The fourth-order valence-electron chi connectivity index (χ4n) is 3.89. The zero-order valence-corrected chi connectivity index (χ0v) is 17.0. The van der Waals surface area contributed by atoms with Crippen LogP contribution in [-0.4, -0.2) is 51.8 Å². The monoisotopic (exact) mass is 416 g/mol. The van der Waals surface area contributed by atoms with Crippen molar-refractivity contribution >= 4 is 17.5 Å². The molecule has 0 atom stereocenters. The van der Waals surface area contributed by atoms with E-state index in [0.29, 0.717) is 13.1 Å². The van der Waals surface area contributed by atoms with Crippen molar-refractivity contribution in [3.8, 4) is 0 Å². The predicted octanol–water partition coefficient (Wildman–Crippen LogP) is 3.34. The number of aromatic nitrogens is 1. The lowest BCUT2D eigenvalue weighted by Gasteiger charge is -2.40. The number of piperazine rings is 1. The second-order valence-corrected chi connectivity index (χ2v) is 7.32. The molecule has 3 aromatic rings. The minimum Gasteiger partial charge on any atom is -0.369 e. The molecule has 0 bridgehead atoms. The number of hydrogen-bond acceptors (Lipinski definition) is 5. The Morgan fingerprint density at radius 1 is 0.935 bits per heavy atom. The van der Waals surface area contributed by atoms with E-state index in [4.69, 9.17) is 5.73 Å². The van der Waals surface area contributed by atoms with Gasteiger partial charge in [0.2, 0.25) is 5.82 Å². The van der Waals surface area contributed by atoms with Gasteiger partial charge in [0.1, 0.15) is 0 Å². The zero-order chi connectivity index (χ0) is 21.6. The van der Waals surface area contributed by atoms with Crippen LogP contribution in [0.15, 0.2) is 84.0 Å². The van der Waals surface area contributed by atoms with Crippen LogP contribution in [0.2, 0.25) is 0 Å². The Balaban J connectivity index is 1.51. The summed E-state index contributed by atoms with van der Waals surface area (Å²) in [7, 11) is 0. The number of pyridine rings is 1. The van der Waals surface area contributed by atoms with Gasteiger partial charge in [-0.25, -0.2) is 4.98 Å². The Kier molecular flexibility index (Phi) is 6.18. The molecule has 0 unspecified atom stereocenters. The summed E-state index contributed by atoms with van der Waals surface area (Å²) in [6.45, 7) is 2.92. The van der Waals surface area contributed by atoms with Gasteiger partial charge in [-0.05, 0) is 17.2 Å². The summed E-state index contributed by atoms with van der Waals surface area (Å²) in [6.07, 6.45) is 1.47. The molecule has 1 aliphatic rings. The maximum absolute atomic E-state index is 11.2. The molecule has 1 aliphatic heterocycles. The average molecular weight is 416 g/mol. The minimum atomic E-state index is -0.499. The highest BCUT2D eigenvalue weighted by Gasteiger charge is 2.27. The molecule has 0 spiro atoms. The van der Waals surface area contributed by atoms with Gasteiger partial charge in [0.25, 0.3) is 0 Å². The van der Waals surface area contributed by atoms with Crippen LogP contribution in [-0.2, 0) is 0 Å². The summed E-state index contributed by atoms with van der Waals surface area (Å²) in [5.41, 5.74) is 8.52. The summed E-state index contributed by atoms with van der Waals surface area (Å²) in [4.78, 5) is 23.3. The molecule has 1 aromatic heterocycles. The molecule has 1 fully saturated rings. The number of rotatable bonds is 5. The van der Waals surface area contributed by atoms with E-state index in [1.165, 1.54) is 29.5 Å². The van der Waals surface area contributed by atoms with Gasteiger partial charge in [-0.1, -0.05) is 60.7 Å². The van der Waals surface area contributed by atoms with Crippen LogP contribution in [0.25, 0.3) is 0 Å². The van der Waals surface area contributed by atoms with E-state index < -0.39 is 4.92 Å². The summed E-state index contributed by atoms with van der Waals surface area (Å²) < 4.78 is 0. The van der Waals surface area contributed by atoms with E-state index in [1.54, 1.807) is 0 Å². The van der Waals surface area contributed by atoms with Crippen molar-refractivity contribution in [1.82, 2.24) is 14.8 Å². The van der Waals surface area contributed by atoms with Gasteiger partial charge < -0.3 is 10.6 Å². The number of nitro groups is 1. The number of hydrogen-bond donors (Lipinski definition) is 1. The Labute approximate surface area is 180 Å². The summed E-state index contributed by atoms with van der Waals surface area (Å²) in [6, 6.07) is 23.9. The molecule has 8 nitrogen and oxygen atoms in total. The third kappa shape index (κ3) is 4.70. The van der Waals surface area contributed by atoms with Gasteiger partial charge in [-0.2, -0.15) is 4.99 Å². The third-order valence-electron chi connectivity index (χ3n) is 5.42. The van der Waals surface area contributed by atoms with Gasteiger partial charge in [0.05, 0.1) is 11.0 Å². The van der Waals surface area contributed by atoms with Crippen molar-refractivity contribution in [2.24, 2.45) is 10.7 Å². The van der Waals surface area contributed by atoms with Crippen LogP contribution < -0.4 is 5.73 Å². The van der Waals surface area contributed by atoms with Crippen molar-refractivity contribution in [3.63, 3.8) is 0 Å². The molecule has 8 heteroatoms. The highest BCUT2D eigenvalue weighted by Crippen LogP contribution is 2.29. The fraction of sp³-hybridized carbons (Fsp3) is 0.217. The van der Waals surface area contributed by atoms with Crippen molar-refractivity contribution in [2.75, 3.05) is 26.2 Å². The molecule has 0 amide bonds. The van der Waals surface area contributed by atoms with Crippen molar-refractivity contribution < 1.29 is 4.92 Å². The molecule has 31 heavy (non-hydrogen) atoms. The quantitative estimate of drug-likeness (QED) is 0.296. The van der Waals surface area contributed by atoms with E-state index in [0.717, 1.165) is 13.1 Å². The van der Waals surface area contributed by atoms with Crippen LogP contribution in [0.1, 0.15) is 17.2 Å². The van der Waals surface area contributed by atoms with Crippen LogP contribution in [0.3, 0.4) is 0 Å². The Morgan fingerprint density at radius 3 is 2.06 bits per heavy atom. The molecule has 2 heterocycles. The summed E-state index contributed by atoms with van der Waals surface area (Å²) in [5, 5.41) is 11.2. The molecule has 0 saturated carbocycles. The predicted molar refractivity (Wildman–Crippen MR) is 120 cm³/mol. The molecular weight excluding hydrogens is 392 g/mol. The smallest absolute Gasteiger partial charge is 0.313 e. The molecule has 1 saturated heterocycles. The first-order chi connectivity index (χ1) is 15.1. The fourth-order valence-corrected chi connectivity index (χ4v) is 3.89. The number of benzene rings is 2. The van der Waals surface area contributed by atoms with Gasteiger partial charge in [0, 0.05) is 38.4 Å². The van der Waals surface area contributed by atoms with E-state index in [9.17, 15) is 10.1 Å². The molecule has 0 aliphatic carbocycles. The van der Waals surface area contributed by atoms with Gasteiger partial charge in [0.15, 0.2) is 5.96 Å². The molecular formula is C23H24N6O2. The topological polar surface area (TPSA) is 101 Å². The average Bonchev–Trinajstić information content (AvgIpc) is 2.81. The lowest BCUT2D eigenvalue weighted by atomic mass is 9.96. The summed E-state index contributed by atoms with van der Waals surface area (Å²) in [5.74, 6) is 0.274. The first kappa shape index (κ1) is 20.5. The Bertz CT molecular complexity index is 1010. The minimum absolute atomic E-state index is 0.0267. The van der Waals surface area contributed by atoms with E-state index in [-0.39, 0.29) is 23.5 Å². The second kappa shape index (κ2) is 9.36. The normalized spacial score (nSPS) is 15.3. The molecule has 4 rings (SSSR count). The second-order valence-electron chi connectivity index (χ2n) is 7.32. The van der Waals surface area contributed by atoms with Crippen molar-refractivity contribution in [2.45, 2.75) is 6.04 Å². The maximum atomic E-state index is 11.2. The molecule has 158 valence electrons. The highest BCUT2D eigenvalue weighted by atomic mass is 16.6. The first-order valence-corrected chi connectivity index (χ1v) is 10.2. The Hall–Kier alpha value is -3.78. The van der Waals surface area contributed by atoms with Crippen LogP contribution in [0.4, 0.5) is 11.5 Å². The van der Waals surface area contributed by atoms with Crippen LogP contribution >= 0.6 is 0 Å². The summed E-state index contributed by atoms with van der Waals surface area (Å²) >= 11 is 0. The number of nitrogens with two attached hydrogens (primary N) is 1. The van der Waals surface area contributed by atoms with E-state index in [2.05, 4.69) is 63.4 Å². The van der Waals surface area contributed by atoms with E-state index >= 15 is 0 Å². The largest absolute Gasteiger partial charge is 0.369 e.